The molecule has 3 heterocycles. The standard InChI is InChI=1S/C20H23N3O2S/c1-14(17-6-4-12-25-17)21-19(24)13-23-10-8-15(9-11-23)20-22-16-5-2-3-7-18(16)26-20/h2-7,12,14-15H,8-11,13H2,1H3,(H,21,24)/p+1/t14-/m1/s1. The van der Waals surface area contributed by atoms with Crippen molar-refractivity contribution >= 4 is 27.5 Å². The molecule has 26 heavy (non-hydrogen) atoms. The first-order valence-corrected chi connectivity index (χ1v) is 10.0. The zero-order chi connectivity index (χ0) is 17.9. The molecule has 0 aliphatic carbocycles. The number of para-hydroxylation sites is 1. The number of thiazole rings is 1. The Morgan fingerprint density at radius 3 is 2.85 bits per heavy atom. The highest BCUT2D eigenvalue weighted by Crippen LogP contribution is 2.31. The number of nitrogens with one attached hydrogen (secondary N) is 2. The van der Waals surface area contributed by atoms with Crippen molar-refractivity contribution in [1.82, 2.24) is 10.3 Å². The summed E-state index contributed by atoms with van der Waals surface area (Å²) in [5.74, 6) is 1.41. The number of carbonyl (C=O) groups is 1. The fourth-order valence-electron chi connectivity index (χ4n) is 3.64. The van der Waals surface area contributed by atoms with Gasteiger partial charge in [0.1, 0.15) is 5.76 Å². The summed E-state index contributed by atoms with van der Waals surface area (Å²) in [6.45, 7) is 4.51. The number of quaternary nitrogens is 1. The molecule has 1 fully saturated rings. The first-order valence-electron chi connectivity index (χ1n) is 9.21. The van der Waals surface area contributed by atoms with Crippen LogP contribution < -0.4 is 10.2 Å². The Hall–Kier alpha value is -2.18. The largest absolute Gasteiger partial charge is 0.467 e. The van der Waals surface area contributed by atoms with E-state index in [1.54, 1.807) is 6.26 Å². The lowest BCUT2D eigenvalue weighted by molar-refractivity contribution is -0.897. The number of carbonyl (C=O) groups excluding carboxylic acids is 1. The maximum Gasteiger partial charge on any atom is 0.275 e. The number of aromatic nitrogens is 1. The van der Waals surface area contributed by atoms with E-state index in [0.717, 1.165) is 37.2 Å². The van der Waals surface area contributed by atoms with E-state index in [9.17, 15) is 4.79 Å². The number of hydrogen-bond donors (Lipinski definition) is 2. The zero-order valence-corrected chi connectivity index (χ0v) is 15.7. The van der Waals surface area contributed by atoms with Crippen molar-refractivity contribution in [2.24, 2.45) is 0 Å². The van der Waals surface area contributed by atoms with Gasteiger partial charge in [-0.2, -0.15) is 0 Å². The van der Waals surface area contributed by atoms with Gasteiger partial charge >= 0.3 is 0 Å². The van der Waals surface area contributed by atoms with Gasteiger partial charge in [0.15, 0.2) is 6.54 Å². The van der Waals surface area contributed by atoms with Gasteiger partial charge in [0, 0.05) is 18.8 Å². The van der Waals surface area contributed by atoms with Crippen LogP contribution in [0.3, 0.4) is 0 Å². The molecule has 2 aromatic heterocycles. The van der Waals surface area contributed by atoms with Crippen LogP contribution in [0, 0.1) is 0 Å². The van der Waals surface area contributed by atoms with E-state index in [2.05, 4.69) is 23.5 Å². The highest BCUT2D eigenvalue weighted by molar-refractivity contribution is 7.18. The summed E-state index contributed by atoms with van der Waals surface area (Å²) < 4.78 is 6.61. The molecule has 5 nitrogen and oxygen atoms in total. The molecule has 3 aromatic rings. The molecule has 1 amide bonds. The van der Waals surface area contributed by atoms with Gasteiger partial charge in [-0.25, -0.2) is 4.98 Å². The van der Waals surface area contributed by atoms with Crippen LogP contribution in [0.4, 0.5) is 0 Å². The van der Waals surface area contributed by atoms with Crippen molar-refractivity contribution in [2.45, 2.75) is 31.7 Å². The number of hydrogen-bond acceptors (Lipinski definition) is 4. The molecule has 0 unspecified atom stereocenters. The van der Waals surface area contributed by atoms with Crippen molar-refractivity contribution < 1.29 is 14.1 Å². The Kier molecular flexibility index (Phi) is 5.04. The van der Waals surface area contributed by atoms with Gasteiger partial charge in [-0.1, -0.05) is 12.1 Å². The van der Waals surface area contributed by atoms with Crippen LogP contribution in [0.25, 0.3) is 10.2 Å². The van der Waals surface area contributed by atoms with Crippen LogP contribution >= 0.6 is 11.3 Å². The van der Waals surface area contributed by atoms with E-state index in [1.807, 2.05) is 36.5 Å². The molecule has 1 saturated heterocycles. The number of furan rings is 1. The topological polar surface area (TPSA) is 59.6 Å². The number of benzene rings is 1. The van der Waals surface area contributed by atoms with Crippen LogP contribution in [-0.2, 0) is 4.79 Å². The summed E-state index contributed by atoms with van der Waals surface area (Å²) >= 11 is 1.82. The number of piperidine rings is 1. The molecule has 2 N–H and O–H groups in total. The van der Waals surface area contributed by atoms with Crippen LogP contribution in [0.2, 0.25) is 0 Å². The van der Waals surface area contributed by atoms with E-state index in [0.29, 0.717) is 12.5 Å². The molecule has 0 spiro atoms. The molecule has 0 bridgehead atoms. The monoisotopic (exact) mass is 370 g/mol. The van der Waals surface area contributed by atoms with E-state index in [4.69, 9.17) is 9.40 Å². The molecule has 0 saturated carbocycles. The fraction of sp³-hybridized carbons (Fsp3) is 0.400. The van der Waals surface area contributed by atoms with Crippen molar-refractivity contribution in [2.75, 3.05) is 19.6 Å². The van der Waals surface area contributed by atoms with Gasteiger partial charge in [-0.05, 0) is 31.2 Å². The number of likely N-dealkylation sites (tertiary alicyclic amines) is 1. The summed E-state index contributed by atoms with van der Waals surface area (Å²) in [4.78, 5) is 18.5. The van der Waals surface area contributed by atoms with Crippen LogP contribution in [0.1, 0.15) is 42.5 Å². The summed E-state index contributed by atoms with van der Waals surface area (Å²) in [6, 6.07) is 12.0. The molecule has 1 atom stereocenters. The van der Waals surface area contributed by atoms with Crippen LogP contribution in [0.15, 0.2) is 47.1 Å². The fourth-order valence-corrected chi connectivity index (χ4v) is 4.78. The van der Waals surface area contributed by atoms with Gasteiger partial charge in [0.2, 0.25) is 0 Å². The molecule has 1 aliphatic heterocycles. The molecule has 0 radical (unpaired) electrons. The lowest BCUT2D eigenvalue weighted by Crippen LogP contribution is -3.14. The highest BCUT2D eigenvalue weighted by Gasteiger charge is 2.27. The smallest absolute Gasteiger partial charge is 0.275 e. The summed E-state index contributed by atoms with van der Waals surface area (Å²) in [5, 5.41) is 4.28. The second-order valence-corrected chi connectivity index (χ2v) is 8.09. The summed E-state index contributed by atoms with van der Waals surface area (Å²) in [7, 11) is 0. The number of amides is 1. The zero-order valence-electron chi connectivity index (χ0n) is 14.9. The van der Waals surface area contributed by atoms with Gasteiger partial charge in [0.25, 0.3) is 5.91 Å². The molecule has 1 aromatic carbocycles. The Balaban J connectivity index is 1.28. The van der Waals surface area contributed by atoms with Crippen molar-refractivity contribution in [3.8, 4) is 0 Å². The third-order valence-electron chi connectivity index (χ3n) is 5.11. The maximum atomic E-state index is 12.3. The predicted octanol–water partition coefficient (Wildman–Crippen LogP) is 2.53. The second-order valence-electron chi connectivity index (χ2n) is 7.03. The van der Waals surface area contributed by atoms with Crippen molar-refractivity contribution in [3.05, 3.63) is 53.4 Å². The third-order valence-corrected chi connectivity index (χ3v) is 6.31. The Morgan fingerprint density at radius 1 is 1.31 bits per heavy atom. The first kappa shape index (κ1) is 17.2. The molecular weight excluding hydrogens is 346 g/mol. The minimum atomic E-state index is -0.0859. The van der Waals surface area contributed by atoms with E-state index >= 15 is 0 Å². The predicted molar refractivity (Wildman–Crippen MR) is 102 cm³/mol. The SMILES string of the molecule is C[C@@H](NC(=O)C[NH+]1CCC(c2nc3ccccc3s2)CC1)c1ccco1. The number of nitrogens with zero attached hydrogens (tertiary/aromatic N) is 1. The molecule has 4 rings (SSSR count). The van der Waals surface area contributed by atoms with Gasteiger partial charge in [0.05, 0.1) is 40.6 Å². The van der Waals surface area contributed by atoms with E-state index in [1.165, 1.54) is 14.6 Å². The van der Waals surface area contributed by atoms with Gasteiger partial charge in [-0.15, -0.1) is 11.3 Å². The van der Waals surface area contributed by atoms with Gasteiger partial charge in [-0.3, -0.25) is 4.79 Å². The minimum Gasteiger partial charge on any atom is -0.467 e. The van der Waals surface area contributed by atoms with E-state index in [-0.39, 0.29) is 11.9 Å². The first-order chi connectivity index (χ1) is 12.7. The number of rotatable bonds is 5. The van der Waals surface area contributed by atoms with Crippen molar-refractivity contribution in [3.63, 3.8) is 0 Å². The summed E-state index contributed by atoms with van der Waals surface area (Å²) in [6.07, 6.45) is 3.82. The number of fused-ring (bicyclic) bond motifs is 1. The molecule has 136 valence electrons. The Morgan fingerprint density at radius 2 is 2.12 bits per heavy atom. The molecular formula is C20H24N3O2S+. The third kappa shape index (κ3) is 3.81. The molecule has 6 heteroatoms. The quantitative estimate of drug-likeness (QED) is 0.726. The second kappa shape index (κ2) is 7.60. The normalized spacial score (nSPS) is 21.6. The highest BCUT2D eigenvalue weighted by atomic mass is 32.1. The minimum absolute atomic E-state index is 0.0855. The Bertz CT molecular complexity index is 833. The van der Waals surface area contributed by atoms with Crippen LogP contribution in [-0.4, -0.2) is 30.5 Å². The molecule has 1 aliphatic rings. The Labute approximate surface area is 157 Å². The van der Waals surface area contributed by atoms with E-state index < -0.39 is 0 Å². The average Bonchev–Trinajstić information content (AvgIpc) is 3.32. The van der Waals surface area contributed by atoms with Gasteiger partial charge < -0.3 is 14.6 Å². The van der Waals surface area contributed by atoms with Crippen LogP contribution in [0.5, 0.6) is 0 Å². The lowest BCUT2D eigenvalue weighted by Gasteiger charge is -2.28. The average molecular weight is 370 g/mol. The summed E-state index contributed by atoms with van der Waals surface area (Å²) in [5.41, 5.74) is 1.11. The maximum absolute atomic E-state index is 12.3. The lowest BCUT2D eigenvalue weighted by atomic mass is 9.97. The van der Waals surface area contributed by atoms with Crippen molar-refractivity contribution in [1.29, 1.82) is 0 Å².